The minimum atomic E-state index is -1.99. The van der Waals surface area contributed by atoms with Gasteiger partial charge in [-0.1, -0.05) is 51.0 Å². The molecule has 0 amide bonds. The first kappa shape index (κ1) is 57.0. The molecule has 3 fully saturated rings. The van der Waals surface area contributed by atoms with Gasteiger partial charge in [-0.25, -0.2) is 0 Å². The maximum Gasteiger partial charge on any atom is 0.358 e. The summed E-state index contributed by atoms with van der Waals surface area (Å²) in [4.78, 5) is 22.2. The van der Waals surface area contributed by atoms with E-state index in [9.17, 15) is 25.2 Å². The van der Waals surface area contributed by atoms with E-state index in [-0.39, 0.29) is 55.8 Å². The minimum Gasteiger partial charge on any atom is -0.459 e. The lowest BCUT2D eigenvalue weighted by molar-refractivity contribution is -0.317. The lowest BCUT2D eigenvalue weighted by atomic mass is 9.73. The van der Waals surface area contributed by atoms with Crippen molar-refractivity contribution < 1.29 is 77.4 Å². The first-order valence-electron chi connectivity index (χ1n) is 23.5. The normalized spacial score (nSPS) is 41.0. The highest BCUT2D eigenvalue weighted by atomic mass is 32.1. The SMILES string of the molecule is CC[C@H]1OC(=O)[C@H](C)[C@@H](OC2CC(C)(OC)C(O)C(C)O2)[C@H](C)[C@@H](OC2OC(C)CC(N(C)C)C2OC(=S)Oc2ccccc2)[C@@](C)(O)C[C@@H](C)/C(=N\OCOCCOC)[C@H](C)[C@@H](O)[C@]1(C)O. The van der Waals surface area contributed by atoms with Crippen molar-refractivity contribution in [3.8, 4) is 5.75 Å². The van der Waals surface area contributed by atoms with E-state index in [0.29, 0.717) is 18.8 Å². The van der Waals surface area contributed by atoms with Crippen LogP contribution >= 0.6 is 12.2 Å². The Morgan fingerprint density at radius 3 is 2.19 bits per heavy atom. The number of rotatable bonds is 15. The Labute approximate surface area is 402 Å². The van der Waals surface area contributed by atoms with Crippen molar-refractivity contribution in [3.05, 3.63) is 30.3 Å². The van der Waals surface area contributed by atoms with Gasteiger partial charge in [-0.15, -0.1) is 0 Å². The largest absolute Gasteiger partial charge is 0.459 e. The molecule has 67 heavy (non-hydrogen) atoms. The van der Waals surface area contributed by atoms with E-state index in [1.54, 1.807) is 67.7 Å². The Morgan fingerprint density at radius 2 is 1.58 bits per heavy atom. The predicted octanol–water partition coefficient (Wildman–Crippen LogP) is 4.60. The molecule has 3 aliphatic heterocycles. The van der Waals surface area contributed by atoms with Crippen LogP contribution < -0.4 is 4.74 Å². The number of aliphatic hydroxyl groups excluding tert-OH is 2. The summed E-state index contributed by atoms with van der Waals surface area (Å²) in [6, 6.07) is 8.67. The van der Waals surface area contributed by atoms with Crippen LogP contribution in [0.1, 0.15) is 94.9 Å². The molecule has 0 saturated carbocycles. The molecular weight excluding hydrogens is 893 g/mol. The Kier molecular flexibility index (Phi) is 21.2. The first-order chi connectivity index (χ1) is 31.4. The van der Waals surface area contributed by atoms with Gasteiger partial charge < -0.3 is 77.5 Å². The van der Waals surface area contributed by atoms with E-state index in [1.807, 2.05) is 51.0 Å². The van der Waals surface area contributed by atoms with Crippen LogP contribution in [-0.2, 0) is 52.3 Å². The van der Waals surface area contributed by atoms with Gasteiger partial charge in [-0.3, -0.25) is 4.79 Å². The molecule has 18 nitrogen and oxygen atoms in total. The Bertz CT molecular complexity index is 1720. The highest BCUT2D eigenvalue weighted by molar-refractivity contribution is 7.79. The van der Waals surface area contributed by atoms with Gasteiger partial charge in [0, 0.05) is 50.6 Å². The second-order valence-corrected chi connectivity index (χ2v) is 19.8. The highest BCUT2D eigenvalue weighted by Crippen LogP contribution is 2.41. The molecule has 18 atom stereocenters. The minimum absolute atomic E-state index is 0.0535. The molecule has 0 bridgehead atoms. The fourth-order valence-corrected chi connectivity index (χ4v) is 9.97. The molecule has 1 aromatic rings. The third-order valence-corrected chi connectivity index (χ3v) is 13.9. The number of carbonyl (C=O) groups excluding carboxylic acids is 1. The number of carbonyl (C=O) groups is 1. The molecule has 0 radical (unpaired) electrons. The van der Waals surface area contributed by atoms with Crippen molar-refractivity contribution in [2.45, 2.75) is 179 Å². The molecular formula is C48H80N2O16S. The summed E-state index contributed by atoms with van der Waals surface area (Å²) in [5, 5.41) is 52.6. The molecule has 3 aliphatic rings. The average Bonchev–Trinajstić information content (AvgIpc) is 3.27. The third kappa shape index (κ3) is 14.5. The summed E-state index contributed by atoms with van der Waals surface area (Å²) in [6.07, 6.45) is -9.56. The lowest BCUT2D eigenvalue weighted by Crippen LogP contribution is -2.61. The number of nitrogens with zero attached hydrogens (tertiary/aromatic N) is 2. The van der Waals surface area contributed by atoms with Gasteiger partial charge in [0.2, 0.25) is 6.79 Å². The van der Waals surface area contributed by atoms with Crippen molar-refractivity contribution in [1.29, 1.82) is 0 Å². The van der Waals surface area contributed by atoms with Crippen LogP contribution in [0.5, 0.6) is 5.75 Å². The predicted molar refractivity (Wildman–Crippen MR) is 251 cm³/mol. The fraction of sp³-hybridized carbons (Fsp3) is 0.812. The standard InChI is InChI=1S/C48H80N2O16S/c1-15-35-48(10,55)40(51)29(4)37(49-59-26-58-22-21-56-13)27(2)24-46(8,54)42(30(5)38(31(6)43(53)63-35)64-36-25-47(9,57-14)41(52)32(7)61-36)66-44-39(34(50(11)12)23-28(3)60-44)65-45(67)62-33-19-17-16-18-20-33/h16-20,27-32,34-36,38-42,44,51-52,54-55H,15,21-26H2,1-14H3/b49-37+/t27-,28?,29+,30+,31-,32?,34?,35-,36?,38+,39?,40-,41?,42-,44?,46+,47?,48-/m1/s1. The number of cyclic esters (lactones) is 1. The molecule has 4 rings (SSSR count). The maximum absolute atomic E-state index is 14.6. The number of esters is 1. The summed E-state index contributed by atoms with van der Waals surface area (Å²) >= 11 is 5.65. The van der Waals surface area contributed by atoms with E-state index in [0.717, 1.165) is 0 Å². The number of methoxy groups -OCH3 is 2. The van der Waals surface area contributed by atoms with Crippen LogP contribution in [0.25, 0.3) is 0 Å². The molecule has 3 saturated heterocycles. The maximum atomic E-state index is 14.6. The zero-order valence-corrected chi connectivity index (χ0v) is 42.8. The van der Waals surface area contributed by atoms with Crippen LogP contribution in [0.4, 0.5) is 0 Å². The second kappa shape index (κ2) is 25.0. The lowest BCUT2D eigenvalue weighted by Gasteiger charge is -2.49. The highest BCUT2D eigenvalue weighted by Gasteiger charge is 2.54. The number of thiocarbonyl (C=S) groups is 1. The second-order valence-electron chi connectivity index (χ2n) is 19.5. The number of likely N-dealkylation sites (N-methyl/N-ethyl adjacent to an activating group) is 1. The summed E-state index contributed by atoms with van der Waals surface area (Å²) in [6.45, 7) is 17.4. The quantitative estimate of drug-likeness (QED) is 0.0622. The molecule has 0 aromatic heterocycles. The van der Waals surface area contributed by atoms with Crippen molar-refractivity contribution in [2.24, 2.45) is 28.8 Å². The van der Waals surface area contributed by atoms with E-state index in [1.165, 1.54) is 14.0 Å². The average molecular weight is 973 g/mol. The third-order valence-electron chi connectivity index (χ3n) is 13.7. The molecule has 0 aliphatic carbocycles. The molecule has 4 N–H and O–H groups in total. The van der Waals surface area contributed by atoms with Crippen molar-refractivity contribution in [2.75, 3.05) is 48.3 Å². The summed E-state index contributed by atoms with van der Waals surface area (Å²) < 4.78 is 61.7. The topological polar surface area (TPSA) is 215 Å². The molecule has 384 valence electrons. The van der Waals surface area contributed by atoms with Crippen molar-refractivity contribution >= 4 is 29.1 Å². The molecule has 3 heterocycles. The molecule has 19 heteroatoms. The Morgan fingerprint density at radius 1 is 0.910 bits per heavy atom. The zero-order valence-electron chi connectivity index (χ0n) is 42.0. The van der Waals surface area contributed by atoms with Gasteiger partial charge in [0.1, 0.15) is 23.6 Å². The number of para-hydroxylation sites is 1. The molecule has 0 spiro atoms. The monoisotopic (exact) mass is 973 g/mol. The van der Waals surface area contributed by atoms with Gasteiger partial charge in [0.25, 0.3) is 0 Å². The number of aliphatic hydroxyl groups is 4. The van der Waals surface area contributed by atoms with E-state index < -0.39 is 102 Å². The first-order valence-corrected chi connectivity index (χ1v) is 23.9. The number of hydrogen-bond donors (Lipinski definition) is 4. The van der Waals surface area contributed by atoms with Crippen LogP contribution in [0.2, 0.25) is 0 Å². The van der Waals surface area contributed by atoms with Crippen LogP contribution in [0.3, 0.4) is 0 Å². The van der Waals surface area contributed by atoms with Gasteiger partial charge in [0.15, 0.2) is 18.7 Å². The summed E-state index contributed by atoms with van der Waals surface area (Å²) in [5.41, 5.74) is -4.60. The number of benzene rings is 1. The van der Waals surface area contributed by atoms with E-state index in [2.05, 4.69) is 5.16 Å². The van der Waals surface area contributed by atoms with Crippen LogP contribution in [-0.4, -0.2) is 175 Å². The van der Waals surface area contributed by atoms with Crippen LogP contribution in [0, 0.1) is 23.7 Å². The Hall–Kier alpha value is -2.63. The Balaban J connectivity index is 1.89. The van der Waals surface area contributed by atoms with Gasteiger partial charge in [-0.05, 0) is 87.0 Å². The molecule has 1 aromatic carbocycles. The summed E-state index contributed by atoms with van der Waals surface area (Å²) in [5.74, 6) is -3.81. The van der Waals surface area contributed by atoms with E-state index in [4.69, 9.17) is 64.4 Å². The number of hydrogen-bond acceptors (Lipinski definition) is 19. The van der Waals surface area contributed by atoms with E-state index >= 15 is 0 Å². The van der Waals surface area contributed by atoms with Gasteiger partial charge in [0.05, 0.1) is 72.6 Å². The van der Waals surface area contributed by atoms with Crippen molar-refractivity contribution in [3.63, 3.8) is 0 Å². The van der Waals surface area contributed by atoms with Crippen molar-refractivity contribution in [1.82, 2.24) is 4.90 Å². The zero-order chi connectivity index (χ0) is 50.0. The fourth-order valence-electron chi connectivity index (χ4n) is 9.76. The smallest absolute Gasteiger partial charge is 0.358 e. The number of oxime groups is 1. The van der Waals surface area contributed by atoms with Gasteiger partial charge in [-0.2, -0.15) is 0 Å². The molecule has 8 unspecified atom stereocenters. The van der Waals surface area contributed by atoms with Crippen LogP contribution in [0.15, 0.2) is 35.5 Å². The number of ether oxygens (including phenoxy) is 10. The van der Waals surface area contributed by atoms with Gasteiger partial charge >= 0.3 is 11.2 Å². The summed E-state index contributed by atoms with van der Waals surface area (Å²) in [7, 11) is 6.86.